The maximum atomic E-state index is 2.46. The summed E-state index contributed by atoms with van der Waals surface area (Å²) in [4.78, 5) is 0. The first-order valence-electron chi connectivity index (χ1n) is 10.5. The van der Waals surface area contributed by atoms with Crippen molar-refractivity contribution in [2.45, 2.75) is 34.1 Å². The molecule has 170 valence electrons. The van der Waals surface area contributed by atoms with Gasteiger partial charge in [-0.3, -0.25) is 0 Å². The summed E-state index contributed by atoms with van der Waals surface area (Å²) < 4.78 is 0. The van der Waals surface area contributed by atoms with Crippen molar-refractivity contribution in [1.82, 2.24) is 0 Å². The molecule has 0 saturated heterocycles. The van der Waals surface area contributed by atoms with Gasteiger partial charge in [0.1, 0.15) is 8.07 Å². The van der Waals surface area contributed by atoms with Crippen molar-refractivity contribution in [3.63, 3.8) is 0 Å². The van der Waals surface area contributed by atoms with E-state index in [4.69, 9.17) is 0 Å². The molecule has 0 nitrogen and oxygen atoms in total. The van der Waals surface area contributed by atoms with Crippen molar-refractivity contribution in [3.8, 4) is 0 Å². The van der Waals surface area contributed by atoms with Gasteiger partial charge in [-0.1, -0.05) is 118 Å². The molecule has 0 amide bonds. The Bertz CT molecular complexity index is 1040. The Hall–Kier alpha value is -1.19. The SMILES string of the molecule is CCc1cc[c-]([Si](c2cccc(C)c2)(c2cccc(C)c2)c2cccc(C)c2)c1.[Cl-].[Cl-].[Cl-].[Ti+4]. The van der Waals surface area contributed by atoms with Gasteiger partial charge in [-0.05, 0) is 20.8 Å². The van der Waals surface area contributed by atoms with Gasteiger partial charge in [0.2, 0.25) is 0 Å². The van der Waals surface area contributed by atoms with Crippen LogP contribution in [0, 0.1) is 20.8 Å². The first kappa shape index (κ1) is 31.8. The molecule has 4 aromatic carbocycles. The number of aryl methyl sites for hydroxylation is 4. The molecular formula is C28H29Cl3SiTi. The number of halogens is 3. The standard InChI is InChI=1S/C28H29Si.3ClH.Ti/c1-5-24-15-16-28(20-24)29(25-12-6-9-21(2)17-25,26-13-7-10-22(3)18-26)27-14-8-11-23(4)19-27;;;;/h6-20H,5H2,1-4H3;3*1H;/q-1;;;;+4/p-3. The maximum Gasteiger partial charge on any atom is 4.00 e. The van der Waals surface area contributed by atoms with Crippen LogP contribution < -0.4 is 58.0 Å². The van der Waals surface area contributed by atoms with Crippen molar-refractivity contribution in [1.29, 1.82) is 0 Å². The molecule has 0 spiro atoms. The fourth-order valence-electron chi connectivity index (χ4n) is 4.58. The molecule has 0 atom stereocenters. The summed E-state index contributed by atoms with van der Waals surface area (Å²) in [7, 11) is -2.39. The molecule has 0 bridgehead atoms. The van der Waals surface area contributed by atoms with Crippen LogP contribution in [-0.2, 0) is 28.1 Å². The Kier molecular flexibility index (Phi) is 13.1. The summed E-state index contributed by atoms with van der Waals surface area (Å²) in [6.45, 7) is 8.86. The normalized spacial score (nSPS) is 10.2. The summed E-state index contributed by atoms with van der Waals surface area (Å²) in [6, 6.07) is 34.7. The minimum Gasteiger partial charge on any atom is -1.00 e. The molecule has 0 radical (unpaired) electrons. The van der Waals surface area contributed by atoms with Crippen LogP contribution in [0.3, 0.4) is 0 Å². The Morgan fingerprint density at radius 2 is 1.03 bits per heavy atom. The minimum absolute atomic E-state index is 0. The molecule has 0 N–H and O–H groups in total. The molecule has 0 aliphatic heterocycles. The second-order valence-corrected chi connectivity index (χ2v) is 12.0. The largest absolute Gasteiger partial charge is 4.00 e. The smallest absolute Gasteiger partial charge is 1.00 e. The Labute approximate surface area is 233 Å². The fraction of sp³-hybridized carbons (Fsp3) is 0.179. The third-order valence-electron chi connectivity index (χ3n) is 6.01. The second-order valence-electron chi connectivity index (χ2n) is 8.22. The summed E-state index contributed by atoms with van der Waals surface area (Å²) in [6.07, 6.45) is 1.07. The van der Waals surface area contributed by atoms with E-state index in [2.05, 4.69) is 119 Å². The van der Waals surface area contributed by atoms with Crippen molar-refractivity contribution in [2.75, 3.05) is 0 Å². The van der Waals surface area contributed by atoms with Gasteiger partial charge >= 0.3 is 21.7 Å². The topological polar surface area (TPSA) is 0 Å². The molecule has 0 heterocycles. The van der Waals surface area contributed by atoms with Crippen LogP contribution in [0.2, 0.25) is 0 Å². The van der Waals surface area contributed by atoms with Crippen LogP contribution in [0.1, 0.15) is 29.2 Å². The number of hydrogen-bond acceptors (Lipinski definition) is 0. The Morgan fingerprint density at radius 1 is 0.636 bits per heavy atom. The van der Waals surface area contributed by atoms with Crippen LogP contribution >= 0.6 is 0 Å². The van der Waals surface area contributed by atoms with E-state index in [9.17, 15) is 0 Å². The van der Waals surface area contributed by atoms with Gasteiger partial charge in [-0.2, -0.15) is 17.7 Å². The van der Waals surface area contributed by atoms with Gasteiger partial charge < -0.3 is 37.2 Å². The van der Waals surface area contributed by atoms with Crippen molar-refractivity contribution in [2.24, 2.45) is 0 Å². The van der Waals surface area contributed by atoms with Gasteiger partial charge in [-0.25, -0.2) is 6.07 Å². The second kappa shape index (κ2) is 13.6. The average Bonchev–Trinajstić information content (AvgIpc) is 3.18. The van der Waals surface area contributed by atoms with E-state index in [-0.39, 0.29) is 58.9 Å². The first-order valence-corrected chi connectivity index (χ1v) is 12.5. The quantitative estimate of drug-likeness (QED) is 0.134. The predicted octanol–water partition coefficient (Wildman–Crippen LogP) is -4.72. The molecule has 33 heavy (non-hydrogen) atoms. The zero-order chi connectivity index (χ0) is 20.4. The van der Waals surface area contributed by atoms with Crippen LogP contribution in [0.5, 0.6) is 0 Å². The van der Waals surface area contributed by atoms with Gasteiger partial charge in [0.05, 0.1) is 0 Å². The van der Waals surface area contributed by atoms with Crippen LogP contribution in [0.15, 0.2) is 91.0 Å². The molecule has 4 aromatic rings. The van der Waals surface area contributed by atoms with E-state index in [0.717, 1.165) is 6.42 Å². The van der Waals surface area contributed by atoms with E-state index in [1.54, 1.807) is 0 Å². The first-order chi connectivity index (χ1) is 14.0. The molecule has 4 rings (SSSR count). The average molecular weight is 548 g/mol. The van der Waals surface area contributed by atoms with E-state index in [0.29, 0.717) is 0 Å². The molecule has 0 unspecified atom stereocenters. The maximum absolute atomic E-state index is 2.46. The number of rotatable bonds is 5. The van der Waals surface area contributed by atoms with Crippen LogP contribution in [0.25, 0.3) is 0 Å². The molecule has 0 aliphatic carbocycles. The van der Waals surface area contributed by atoms with Crippen LogP contribution in [-0.4, -0.2) is 8.07 Å². The van der Waals surface area contributed by atoms with Gasteiger partial charge in [0, 0.05) is 0 Å². The Morgan fingerprint density at radius 3 is 1.33 bits per heavy atom. The third-order valence-corrected chi connectivity index (χ3v) is 10.7. The number of hydrogen-bond donors (Lipinski definition) is 0. The minimum atomic E-state index is -2.39. The number of benzene rings is 3. The monoisotopic (exact) mass is 546 g/mol. The molecule has 0 saturated carbocycles. The molecular weight excluding hydrogens is 519 g/mol. The van der Waals surface area contributed by atoms with Crippen molar-refractivity contribution in [3.05, 3.63) is 113 Å². The summed E-state index contributed by atoms with van der Waals surface area (Å²) in [5.41, 5.74) is 5.38. The van der Waals surface area contributed by atoms with Crippen molar-refractivity contribution < 1.29 is 58.9 Å². The van der Waals surface area contributed by atoms with Gasteiger partial charge in [0.15, 0.2) is 0 Å². The van der Waals surface area contributed by atoms with E-state index in [1.165, 1.54) is 43.0 Å². The molecule has 0 aromatic heterocycles. The van der Waals surface area contributed by atoms with E-state index < -0.39 is 8.07 Å². The molecule has 0 aliphatic rings. The van der Waals surface area contributed by atoms with Crippen molar-refractivity contribution >= 4 is 28.8 Å². The zero-order valence-corrected chi connectivity index (χ0v) is 24.3. The zero-order valence-electron chi connectivity index (χ0n) is 19.5. The molecule has 5 heteroatoms. The van der Waals surface area contributed by atoms with E-state index >= 15 is 0 Å². The summed E-state index contributed by atoms with van der Waals surface area (Å²) >= 11 is 0. The van der Waals surface area contributed by atoms with Crippen LogP contribution in [0.4, 0.5) is 0 Å². The predicted molar refractivity (Wildman–Crippen MR) is 129 cm³/mol. The fourth-order valence-corrected chi connectivity index (χ4v) is 9.69. The summed E-state index contributed by atoms with van der Waals surface area (Å²) in [5.74, 6) is 0. The summed E-state index contributed by atoms with van der Waals surface area (Å²) in [5, 5.41) is 5.86. The Balaban J connectivity index is 0.00000256. The van der Waals surface area contributed by atoms with Gasteiger partial charge in [0.25, 0.3) is 0 Å². The third kappa shape index (κ3) is 6.28. The van der Waals surface area contributed by atoms with E-state index in [1.807, 2.05) is 0 Å². The van der Waals surface area contributed by atoms with Gasteiger partial charge in [-0.15, -0.1) is 5.19 Å². The molecule has 0 fully saturated rings.